The Morgan fingerprint density at radius 3 is 1.59 bits per heavy atom. The summed E-state index contributed by atoms with van der Waals surface area (Å²) >= 11 is 0. The molecule has 1 fully saturated rings. The van der Waals surface area contributed by atoms with Gasteiger partial charge in [0.2, 0.25) is 0 Å². The second kappa shape index (κ2) is 7.38. The molecule has 0 saturated heterocycles. The van der Waals surface area contributed by atoms with Gasteiger partial charge in [0.25, 0.3) is 0 Å². The van der Waals surface area contributed by atoms with Crippen molar-refractivity contribution in [3.63, 3.8) is 0 Å². The summed E-state index contributed by atoms with van der Waals surface area (Å²) in [5.74, 6) is -1.51. The highest BCUT2D eigenvalue weighted by atomic mass is 16.4. The molecule has 2 aliphatic rings. The van der Waals surface area contributed by atoms with Gasteiger partial charge >= 0.3 is 0 Å². The van der Waals surface area contributed by atoms with Gasteiger partial charge in [0.1, 0.15) is 11.2 Å². The lowest BCUT2D eigenvalue weighted by Crippen LogP contribution is -2.50. The Hall–Kier alpha value is -3.24. The predicted molar refractivity (Wildman–Crippen MR) is 132 cm³/mol. The second-order valence-corrected chi connectivity index (χ2v) is 9.89. The molecule has 0 spiro atoms. The molecule has 6 rings (SSSR count). The van der Waals surface area contributed by atoms with Crippen molar-refractivity contribution in [3.8, 4) is 0 Å². The van der Waals surface area contributed by atoms with Gasteiger partial charge in [-0.25, -0.2) is 0 Å². The van der Waals surface area contributed by atoms with Crippen molar-refractivity contribution in [2.75, 3.05) is 0 Å². The zero-order valence-corrected chi connectivity index (χ0v) is 19.0. The summed E-state index contributed by atoms with van der Waals surface area (Å²) in [6.07, 6.45) is 0. The third-order valence-electron chi connectivity index (χ3n) is 8.25. The monoisotopic (exact) mass is 448 g/mol. The fraction of sp³-hybridized carbons (Fsp3) is 0.226. The minimum absolute atomic E-state index is 0.346. The molecule has 3 N–H and O–H groups in total. The van der Waals surface area contributed by atoms with Crippen LogP contribution >= 0.6 is 0 Å². The fourth-order valence-corrected chi connectivity index (χ4v) is 7.00. The molecule has 6 atom stereocenters. The molecule has 0 heterocycles. The van der Waals surface area contributed by atoms with E-state index in [0.29, 0.717) is 16.7 Å². The Bertz CT molecular complexity index is 1320. The zero-order valence-electron chi connectivity index (χ0n) is 19.0. The topological polar surface area (TPSA) is 60.7 Å². The standard InChI is InChI=1S/C31H28O3/c1-29(32)24-19-11-12-20-25(24)31(34)28(29)26(21-13-5-2-6-14-21)27(22-15-7-3-8-16-22)30(31,33)23-17-9-4-10-18-23/h2-20,26-28,32-34H,1H3/t26-,27-,28-,29+,30-,31+/m1/s1. The highest BCUT2D eigenvalue weighted by Gasteiger charge is 2.77. The van der Waals surface area contributed by atoms with Crippen molar-refractivity contribution in [1.82, 2.24) is 0 Å². The van der Waals surface area contributed by atoms with Crippen LogP contribution in [0.15, 0.2) is 115 Å². The summed E-state index contributed by atoms with van der Waals surface area (Å²) in [7, 11) is 0. The van der Waals surface area contributed by atoms with Crippen molar-refractivity contribution in [2.45, 2.75) is 35.6 Å². The van der Waals surface area contributed by atoms with E-state index in [1.54, 1.807) is 6.92 Å². The Kier molecular flexibility index (Phi) is 4.62. The zero-order chi connectivity index (χ0) is 23.6. The van der Waals surface area contributed by atoms with Crippen LogP contribution in [0.4, 0.5) is 0 Å². The third-order valence-corrected chi connectivity index (χ3v) is 8.25. The van der Waals surface area contributed by atoms with Gasteiger partial charge in [-0.15, -0.1) is 0 Å². The molecule has 1 saturated carbocycles. The molecular formula is C31H28O3. The lowest BCUT2D eigenvalue weighted by Gasteiger charge is -2.43. The van der Waals surface area contributed by atoms with Crippen LogP contribution in [-0.4, -0.2) is 15.3 Å². The van der Waals surface area contributed by atoms with Crippen LogP contribution in [0.3, 0.4) is 0 Å². The van der Waals surface area contributed by atoms with Gasteiger partial charge in [0.15, 0.2) is 0 Å². The van der Waals surface area contributed by atoms with E-state index in [0.717, 1.165) is 11.1 Å². The molecule has 0 aliphatic heterocycles. The molecule has 2 aliphatic carbocycles. The average molecular weight is 449 g/mol. The Morgan fingerprint density at radius 1 is 0.529 bits per heavy atom. The maximum Gasteiger partial charge on any atom is 0.130 e. The van der Waals surface area contributed by atoms with Crippen LogP contribution < -0.4 is 0 Å². The van der Waals surface area contributed by atoms with E-state index < -0.39 is 28.6 Å². The van der Waals surface area contributed by atoms with Gasteiger partial charge in [0, 0.05) is 17.8 Å². The van der Waals surface area contributed by atoms with E-state index in [9.17, 15) is 15.3 Å². The molecule has 0 aromatic heterocycles. The molecular weight excluding hydrogens is 420 g/mol. The second-order valence-electron chi connectivity index (χ2n) is 9.89. The van der Waals surface area contributed by atoms with Gasteiger partial charge in [-0.2, -0.15) is 0 Å². The van der Waals surface area contributed by atoms with Crippen LogP contribution in [-0.2, 0) is 16.8 Å². The normalized spacial score (nSPS) is 33.9. The van der Waals surface area contributed by atoms with Gasteiger partial charge in [-0.3, -0.25) is 0 Å². The Morgan fingerprint density at radius 2 is 1.00 bits per heavy atom. The lowest BCUT2D eigenvalue weighted by molar-refractivity contribution is -0.187. The molecule has 0 unspecified atom stereocenters. The van der Waals surface area contributed by atoms with Gasteiger partial charge in [-0.1, -0.05) is 115 Å². The van der Waals surface area contributed by atoms with Crippen molar-refractivity contribution < 1.29 is 15.3 Å². The molecule has 170 valence electrons. The SMILES string of the molecule is C[C@]1(O)c2ccccc2[C@]2(O)[C@@H]1[C@H](c1ccccc1)[C@@H](c1ccccc1)[C@]2(O)c1ccccc1. The molecule has 0 amide bonds. The summed E-state index contributed by atoms with van der Waals surface area (Å²) in [4.78, 5) is 0. The molecule has 3 heteroatoms. The number of rotatable bonds is 3. The predicted octanol–water partition coefficient (Wildman–Crippen LogP) is 5.18. The van der Waals surface area contributed by atoms with E-state index in [1.165, 1.54) is 0 Å². The molecule has 34 heavy (non-hydrogen) atoms. The van der Waals surface area contributed by atoms with Crippen molar-refractivity contribution in [2.24, 2.45) is 5.92 Å². The quantitative estimate of drug-likeness (QED) is 0.405. The molecule has 4 aromatic rings. The van der Waals surface area contributed by atoms with Crippen LogP contribution in [0.2, 0.25) is 0 Å². The van der Waals surface area contributed by atoms with Crippen LogP contribution in [0.5, 0.6) is 0 Å². The number of hydrogen-bond acceptors (Lipinski definition) is 3. The summed E-state index contributed by atoms with van der Waals surface area (Å²) in [5, 5.41) is 37.9. The Balaban J connectivity index is 1.75. The summed E-state index contributed by atoms with van der Waals surface area (Å²) in [6, 6.07) is 36.9. The summed E-state index contributed by atoms with van der Waals surface area (Å²) in [5.41, 5.74) is -0.925. The summed E-state index contributed by atoms with van der Waals surface area (Å²) in [6.45, 7) is 1.78. The van der Waals surface area contributed by atoms with Crippen LogP contribution in [0, 0.1) is 5.92 Å². The van der Waals surface area contributed by atoms with Crippen LogP contribution in [0.1, 0.15) is 46.6 Å². The van der Waals surface area contributed by atoms with Crippen molar-refractivity contribution in [1.29, 1.82) is 0 Å². The lowest BCUT2D eigenvalue weighted by atomic mass is 9.69. The van der Waals surface area contributed by atoms with Gasteiger partial charge in [-0.05, 0) is 34.7 Å². The molecule has 3 nitrogen and oxygen atoms in total. The number of aliphatic hydroxyl groups is 3. The van der Waals surface area contributed by atoms with Crippen molar-refractivity contribution in [3.05, 3.63) is 143 Å². The number of benzene rings is 4. The van der Waals surface area contributed by atoms with Gasteiger partial charge in [0.05, 0.1) is 5.60 Å². The van der Waals surface area contributed by atoms with E-state index in [1.807, 2.05) is 115 Å². The minimum Gasteiger partial charge on any atom is -0.385 e. The Labute approximate surface area is 200 Å². The maximum atomic E-state index is 13.0. The molecule has 0 radical (unpaired) electrons. The van der Waals surface area contributed by atoms with Crippen molar-refractivity contribution >= 4 is 0 Å². The number of hydrogen-bond donors (Lipinski definition) is 3. The summed E-state index contributed by atoms with van der Waals surface area (Å²) < 4.78 is 0. The first-order valence-corrected chi connectivity index (χ1v) is 11.8. The number of fused-ring (bicyclic) bond motifs is 3. The first-order valence-electron chi connectivity index (χ1n) is 11.8. The smallest absolute Gasteiger partial charge is 0.130 e. The minimum atomic E-state index is -1.71. The fourth-order valence-electron chi connectivity index (χ4n) is 7.00. The van der Waals surface area contributed by atoms with E-state index in [2.05, 4.69) is 0 Å². The maximum absolute atomic E-state index is 13.0. The highest BCUT2D eigenvalue weighted by molar-refractivity contribution is 5.56. The molecule has 0 bridgehead atoms. The molecule has 4 aromatic carbocycles. The first kappa shape index (κ1) is 21.3. The average Bonchev–Trinajstić information content (AvgIpc) is 3.22. The highest BCUT2D eigenvalue weighted by Crippen LogP contribution is 2.74. The van der Waals surface area contributed by atoms with E-state index in [-0.39, 0.29) is 5.92 Å². The van der Waals surface area contributed by atoms with E-state index >= 15 is 0 Å². The van der Waals surface area contributed by atoms with E-state index in [4.69, 9.17) is 0 Å². The van der Waals surface area contributed by atoms with Crippen LogP contribution in [0.25, 0.3) is 0 Å². The first-order chi connectivity index (χ1) is 16.4. The van der Waals surface area contributed by atoms with Gasteiger partial charge < -0.3 is 15.3 Å². The third kappa shape index (κ3) is 2.58. The largest absolute Gasteiger partial charge is 0.385 e.